The van der Waals surface area contributed by atoms with Gasteiger partial charge in [0.05, 0.1) is 30.1 Å². The van der Waals surface area contributed by atoms with Crippen molar-refractivity contribution in [3.05, 3.63) is 16.9 Å². The molecule has 104 valence electrons. The Morgan fingerprint density at radius 1 is 1.56 bits per heavy atom. The molecule has 4 nitrogen and oxygen atoms in total. The molecule has 0 bridgehead atoms. The quantitative estimate of drug-likeness (QED) is 0.874. The summed E-state index contributed by atoms with van der Waals surface area (Å²) in [6.45, 7) is 0.787. The fraction of sp³-hybridized carbons (Fsp3) is 0.700. The highest BCUT2D eigenvalue weighted by molar-refractivity contribution is 6.31. The first-order valence-electron chi connectivity index (χ1n) is 5.37. The summed E-state index contributed by atoms with van der Waals surface area (Å²) in [5.41, 5.74) is 6.15. The second-order valence-corrected chi connectivity index (χ2v) is 4.26. The Hall–Kier alpha value is -0.790. The molecule has 0 aliphatic carbocycles. The molecule has 0 saturated heterocycles. The summed E-state index contributed by atoms with van der Waals surface area (Å²) < 4.78 is 42.7. The smallest absolute Gasteiger partial charge is 0.383 e. The molecule has 1 unspecified atom stereocenters. The van der Waals surface area contributed by atoms with Crippen molar-refractivity contribution in [2.24, 2.45) is 5.73 Å². The molecule has 0 spiro atoms. The molecule has 18 heavy (non-hydrogen) atoms. The number of aromatic nitrogens is 2. The van der Waals surface area contributed by atoms with Gasteiger partial charge in [-0.3, -0.25) is 4.68 Å². The summed E-state index contributed by atoms with van der Waals surface area (Å²) >= 11 is 5.88. The molecule has 2 N–H and O–H groups in total. The van der Waals surface area contributed by atoms with Crippen molar-refractivity contribution < 1.29 is 17.9 Å². The molecule has 0 saturated carbocycles. The Morgan fingerprint density at radius 3 is 2.78 bits per heavy atom. The van der Waals surface area contributed by atoms with Gasteiger partial charge in [-0.1, -0.05) is 11.6 Å². The van der Waals surface area contributed by atoms with Gasteiger partial charge in [0.25, 0.3) is 0 Å². The predicted molar refractivity (Wildman–Crippen MR) is 61.3 cm³/mol. The number of methoxy groups -OCH3 is 1. The molecule has 8 heteroatoms. The molecule has 1 aromatic heterocycles. The van der Waals surface area contributed by atoms with E-state index in [1.165, 1.54) is 18.0 Å². The van der Waals surface area contributed by atoms with E-state index in [1.807, 2.05) is 0 Å². The summed E-state index contributed by atoms with van der Waals surface area (Å²) in [4.78, 5) is 0. The van der Waals surface area contributed by atoms with Gasteiger partial charge in [0, 0.05) is 19.6 Å². The molecule has 0 fully saturated rings. The average molecular weight is 286 g/mol. The average Bonchev–Trinajstić information content (AvgIpc) is 2.64. The number of alkyl halides is 3. The van der Waals surface area contributed by atoms with Crippen LogP contribution in [0.3, 0.4) is 0 Å². The molecular weight excluding hydrogens is 271 g/mol. The Morgan fingerprint density at radius 2 is 2.22 bits per heavy atom. The van der Waals surface area contributed by atoms with Crippen molar-refractivity contribution in [1.29, 1.82) is 0 Å². The van der Waals surface area contributed by atoms with Crippen LogP contribution in [0.15, 0.2) is 6.20 Å². The number of nitrogens with two attached hydrogens (primary N) is 1. The number of hydrogen-bond acceptors (Lipinski definition) is 3. The number of rotatable bonds is 6. The molecule has 0 aliphatic heterocycles. The van der Waals surface area contributed by atoms with Gasteiger partial charge in [-0.15, -0.1) is 0 Å². The highest BCUT2D eigenvalue weighted by Gasteiger charge is 2.29. The summed E-state index contributed by atoms with van der Waals surface area (Å²) in [7, 11) is 1.52. The second-order valence-electron chi connectivity index (χ2n) is 3.85. The number of halogens is 4. The third-order valence-electron chi connectivity index (χ3n) is 2.43. The predicted octanol–water partition coefficient (Wildman–Crippen LogP) is 2.53. The molecule has 0 aliphatic rings. The van der Waals surface area contributed by atoms with E-state index in [0.29, 0.717) is 18.8 Å². The largest absolute Gasteiger partial charge is 0.389 e. The number of ether oxygens (including phenoxy) is 1. The van der Waals surface area contributed by atoms with Crippen LogP contribution in [0.2, 0.25) is 5.02 Å². The Balaban J connectivity index is 2.71. The lowest BCUT2D eigenvalue weighted by Gasteiger charge is -2.15. The van der Waals surface area contributed by atoms with Crippen LogP contribution < -0.4 is 5.73 Å². The van der Waals surface area contributed by atoms with Crippen LogP contribution >= 0.6 is 11.6 Å². The summed E-state index contributed by atoms with van der Waals surface area (Å²) in [5, 5.41) is 4.24. The maximum absolute atomic E-state index is 12.1. The zero-order valence-electron chi connectivity index (χ0n) is 9.88. The second kappa shape index (κ2) is 6.40. The highest BCUT2D eigenvalue weighted by Crippen LogP contribution is 2.29. The van der Waals surface area contributed by atoms with Crippen LogP contribution in [0, 0.1) is 0 Å². The lowest BCUT2D eigenvalue weighted by Crippen LogP contribution is -2.20. The minimum atomic E-state index is -4.22. The van der Waals surface area contributed by atoms with Crippen LogP contribution in [-0.2, 0) is 11.3 Å². The fourth-order valence-electron chi connectivity index (χ4n) is 1.55. The van der Waals surface area contributed by atoms with E-state index in [0.717, 1.165) is 0 Å². The van der Waals surface area contributed by atoms with Crippen molar-refractivity contribution in [3.8, 4) is 0 Å². The van der Waals surface area contributed by atoms with E-state index in [9.17, 15) is 13.2 Å². The van der Waals surface area contributed by atoms with Gasteiger partial charge in [-0.05, 0) is 6.42 Å². The summed E-state index contributed by atoms with van der Waals surface area (Å²) in [5.74, 6) is 0. The summed E-state index contributed by atoms with van der Waals surface area (Å²) in [6.07, 6.45) is -4.01. The van der Waals surface area contributed by atoms with E-state index in [1.54, 1.807) is 0 Å². The Kier molecular flexibility index (Phi) is 5.43. The number of hydrogen-bond donors (Lipinski definition) is 1. The third-order valence-corrected chi connectivity index (χ3v) is 2.72. The molecule has 1 atom stereocenters. The van der Waals surface area contributed by atoms with Crippen molar-refractivity contribution in [3.63, 3.8) is 0 Å². The van der Waals surface area contributed by atoms with Gasteiger partial charge in [0.15, 0.2) is 0 Å². The SMILES string of the molecule is COCCn1ncc(Cl)c1C(N)CCC(F)(F)F. The standard InChI is InChI=1S/C10H15ClF3N3O/c1-18-5-4-17-9(7(11)6-16-17)8(15)2-3-10(12,13)14/h6,8H,2-5,15H2,1H3. The van der Waals surface area contributed by atoms with E-state index < -0.39 is 18.6 Å². The minimum Gasteiger partial charge on any atom is -0.383 e. The maximum atomic E-state index is 12.1. The molecule has 0 amide bonds. The van der Waals surface area contributed by atoms with Gasteiger partial charge < -0.3 is 10.5 Å². The lowest BCUT2D eigenvalue weighted by atomic mass is 10.1. The first-order valence-corrected chi connectivity index (χ1v) is 5.75. The van der Waals surface area contributed by atoms with Crippen LogP contribution in [0.25, 0.3) is 0 Å². The van der Waals surface area contributed by atoms with E-state index in [-0.39, 0.29) is 11.4 Å². The topological polar surface area (TPSA) is 53.1 Å². The van der Waals surface area contributed by atoms with E-state index in [4.69, 9.17) is 22.1 Å². The lowest BCUT2D eigenvalue weighted by molar-refractivity contribution is -0.136. The first kappa shape index (κ1) is 15.3. The Labute approximate surface area is 108 Å². The maximum Gasteiger partial charge on any atom is 0.389 e. The molecule has 1 aromatic rings. The van der Waals surface area contributed by atoms with Gasteiger partial charge >= 0.3 is 6.18 Å². The van der Waals surface area contributed by atoms with Gasteiger partial charge in [0.1, 0.15) is 0 Å². The van der Waals surface area contributed by atoms with Gasteiger partial charge in [-0.2, -0.15) is 18.3 Å². The third kappa shape index (κ3) is 4.47. The molecular formula is C10H15ClF3N3O. The highest BCUT2D eigenvalue weighted by atomic mass is 35.5. The van der Waals surface area contributed by atoms with Crippen molar-refractivity contribution in [2.75, 3.05) is 13.7 Å². The molecule has 1 rings (SSSR count). The zero-order chi connectivity index (χ0) is 13.8. The minimum absolute atomic E-state index is 0.220. The van der Waals surface area contributed by atoms with Crippen LogP contribution in [0.4, 0.5) is 13.2 Å². The van der Waals surface area contributed by atoms with Crippen LogP contribution in [0.5, 0.6) is 0 Å². The molecule has 0 radical (unpaired) electrons. The number of nitrogens with zero attached hydrogens (tertiary/aromatic N) is 2. The normalized spacial score (nSPS) is 13.9. The summed E-state index contributed by atoms with van der Waals surface area (Å²) in [6, 6.07) is -0.793. The van der Waals surface area contributed by atoms with E-state index in [2.05, 4.69) is 5.10 Å². The first-order chi connectivity index (χ1) is 8.35. The van der Waals surface area contributed by atoms with Crippen molar-refractivity contribution in [1.82, 2.24) is 9.78 Å². The fourth-order valence-corrected chi connectivity index (χ4v) is 1.83. The van der Waals surface area contributed by atoms with Gasteiger partial charge in [0.2, 0.25) is 0 Å². The molecule has 1 heterocycles. The molecule has 0 aromatic carbocycles. The van der Waals surface area contributed by atoms with Gasteiger partial charge in [-0.25, -0.2) is 0 Å². The van der Waals surface area contributed by atoms with Crippen LogP contribution in [-0.4, -0.2) is 29.7 Å². The van der Waals surface area contributed by atoms with E-state index >= 15 is 0 Å². The van der Waals surface area contributed by atoms with Crippen LogP contribution in [0.1, 0.15) is 24.6 Å². The van der Waals surface area contributed by atoms with Crippen molar-refractivity contribution in [2.45, 2.75) is 31.6 Å². The monoisotopic (exact) mass is 285 g/mol. The Bertz CT molecular complexity index is 381. The zero-order valence-corrected chi connectivity index (χ0v) is 10.6. The van der Waals surface area contributed by atoms with Crippen molar-refractivity contribution >= 4 is 11.6 Å².